The number of benzene rings is 2. The molecule has 0 saturated carbocycles. The van der Waals surface area contributed by atoms with Gasteiger partial charge in [-0.2, -0.15) is 0 Å². The van der Waals surface area contributed by atoms with Crippen LogP contribution in [0.5, 0.6) is 5.75 Å². The minimum absolute atomic E-state index is 0.105. The lowest BCUT2D eigenvalue weighted by Gasteiger charge is -2.09. The molecule has 2 aromatic rings. The molecule has 0 unspecified atom stereocenters. The third-order valence-corrected chi connectivity index (χ3v) is 2.54. The second-order valence-electron chi connectivity index (χ2n) is 3.51. The van der Waals surface area contributed by atoms with Crippen molar-refractivity contribution in [3.8, 4) is 5.75 Å². The molecular weight excluding hydrogens is 193 g/mol. The predicted molar refractivity (Wildman–Crippen MR) is 59.4 cm³/mol. The Kier molecular flexibility index (Phi) is 2.23. The summed E-state index contributed by atoms with van der Waals surface area (Å²) < 4.78 is 13.5. The van der Waals surface area contributed by atoms with E-state index < -0.39 is 0 Å². The molecule has 15 heavy (non-hydrogen) atoms. The monoisotopic (exact) mass is 205 g/mol. The van der Waals surface area contributed by atoms with Crippen LogP contribution in [-0.2, 0) is 6.42 Å². The fourth-order valence-corrected chi connectivity index (χ4v) is 1.88. The molecule has 0 aromatic heterocycles. The number of anilines is 1. The number of phenolic OH excluding ortho intramolecular Hbond substituents is 1. The smallest absolute Gasteiger partial charge is 0.127 e. The maximum absolute atomic E-state index is 13.5. The van der Waals surface area contributed by atoms with Crippen molar-refractivity contribution in [3.63, 3.8) is 0 Å². The average Bonchev–Trinajstić information content (AvgIpc) is 2.18. The molecule has 0 spiro atoms. The molecule has 0 bridgehead atoms. The van der Waals surface area contributed by atoms with Crippen molar-refractivity contribution < 1.29 is 9.50 Å². The number of rotatable bonds is 1. The van der Waals surface area contributed by atoms with E-state index in [2.05, 4.69) is 0 Å². The highest BCUT2D eigenvalue weighted by Gasteiger charge is 2.09. The third kappa shape index (κ3) is 1.50. The molecular formula is C12H12FNO. The summed E-state index contributed by atoms with van der Waals surface area (Å²) in [6.45, 7) is 1.88. The number of aryl methyl sites for hydroxylation is 1. The van der Waals surface area contributed by atoms with E-state index in [0.717, 1.165) is 5.39 Å². The molecule has 0 aliphatic carbocycles. The van der Waals surface area contributed by atoms with E-state index in [-0.39, 0.29) is 11.6 Å². The molecule has 2 nitrogen and oxygen atoms in total. The lowest BCUT2D eigenvalue weighted by molar-refractivity contribution is 0.476. The van der Waals surface area contributed by atoms with Gasteiger partial charge >= 0.3 is 0 Å². The minimum Gasteiger partial charge on any atom is -0.508 e. The van der Waals surface area contributed by atoms with Crippen LogP contribution >= 0.6 is 0 Å². The lowest BCUT2D eigenvalue weighted by atomic mass is 10.0. The van der Waals surface area contributed by atoms with Crippen LogP contribution in [0.1, 0.15) is 12.5 Å². The second kappa shape index (κ2) is 3.42. The van der Waals surface area contributed by atoms with Crippen LogP contribution in [-0.4, -0.2) is 5.11 Å². The van der Waals surface area contributed by atoms with E-state index in [1.54, 1.807) is 12.1 Å². The highest BCUT2D eigenvalue weighted by molar-refractivity contribution is 5.96. The average molecular weight is 205 g/mol. The molecule has 0 amide bonds. The Morgan fingerprint density at radius 1 is 1.33 bits per heavy atom. The minimum atomic E-state index is -0.248. The molecule has 3 heteroatoms. The molecule has 2 rings (SSSR count). The number of hydrogen-bond acceptors (Lipinski definition) is 2. The van der Waals surface area contributed by atoms with Gasteiger partial charge in [0.1, 0.15) is 11.6 Å². The van der Waals surface area contributed by atoms with Gasteiger partial charge in [0, 0.05) is 17.1 Å². The highest BCUT2D eigenvalue weighted by Crippen LogP contribution is 2.31. The maximum Gasteiger partial charge on any atom is 0.127 e. The number of hydrogen-bond donors (Lipinski definition) is 2. The van der Waals surface area contributed by atoms with E-state index in [1.165, 1.54) is 12.1 Å². The number of phenols is 1. The fourth-order valence-electron chi connectivity index (χ4n) is 1.88. The largest absolute Gasteiger partial charge is 0.508 e. The van der Waals surface area contributed by atoms with E-state index in [1.807, 2.05) is 6.92 Å². The van der Waals surface area contributed by atoms with Crippen molar-refractivity contribution in [1.82, 2.24) is 0 Å². The summed E-state index contributed by atoms with van der Waals surface area (Å²) in [6.07, 6.45) is 0.581. The third-order valence-electron chi connectivity index (χ3n) is 2.54. The molecule has 0 fully saturated rings. The Morgan fingerprint density at radius 2 is 2.07 bits per heavy atom. The van der Waals surface area contributed by atoms with Crippen LogP contribution in [0.15, 0.2) is 24.3 Å². The zero-order valence-corrected chi connectivity index (χ0v) is 8.42. The molecule has 0 heterocycles. The van der Waals surface area contributed by atoms with Gasteiger partial charge in [0.05, 0.1) is 0 Å². The van der Waals surface area contributed by atoms with Gasteiger partial charge in [-0.15, -0.1) is 0 Å². The zero-order valence-electron chi connectivity index (χ0n) is 8.42. The number of nitrogen functional groups attached to an aromatic ring is 1. The van der Waals surface area contributed by atoms with Gasteiger partial charge in [0.2, 0.25) is 0 Å². The summed E-state index contributed by atoms with van der Waals surface area (Å²) >= 11 is 0. The Balaban J connectivity index is 2.91. The highest BCUT2D eigenvalue weighted by atomic mass is 19.1. The van der Waals surface area contributed by atoms with Crippen LogP contribution in [0.25, 0.3) is 10.8 Å². The predicted octanol–water partition coefficient (Wildman–Crippen LogP) is 2.83. The van der Waals surface area contributed by atoms with Crippen molar-refractivity contribution in [2.75, 3.05) is 5.73 Å². The van der Waals surface area contributed by atoms with Crippen molar-refractivity contribution >= 4 is 16.5 Å². The standard InChI is InChI=1S/C12H12FNO/c1-2-9-10(13)4-3-7-5-8(15)6-11(14)12(7)9/h3-6,15H,2,14H2,1H3. The molecule has 0 atom stereocenters. The molecule has 78 valence electrons. The first-order valence-corrected chi connectivity index (χ1v) is 4.83. The van der Waals surface area contributed by atoms with Crippen molar-refractivity contribution in [1.29, 1.82) is 0 Å². The first kappa shape index (κ1) is 9.77. The normalized spacial score (nSPS) is 10.8. The van der Waals surface area contributed by atoms with E-state index in [0.29, 0.717) is 23.1 Å². The SMILES string of the molecule is CCc1c(F)ccc2cc(O)cc(N)c12. The van der Waals surface area contributed by atoms with Gasteiger partial charge in [0.25, 0.3) is 0 Å². The van der Waals surface area contributed by atoms with Crippen molar-refractivity contribution in [2.45, 2.75) is 13.3 Å². The molecule has 3 N–H and O–H groups in total. The summed E-state index contributed by atoms with van der Waals surface area (Å²) in [6, 6.07) is 6.06. The first-order valence-electron chi connectivity index (χ1n) is 4.83. The molecule has 0 radical (unpaired) electrons. The number of fused-ring (bicyclic) bond motifs is 1. The topological polar surface area (TPSA) is 46.2 Å². The number of nitrogens with two attached hydrogens (primary N) is 1. The summed E-state index contributed by atoms with van der Waals surface area (Å²) in [7, 11) is 0. The zero-order chi connectivity index (χ0) is 11.0. The quantitative estimate of drug-likeness (QED) is 0.703. The Hall–Kier alpha value is -1.77. The molecule has 0 aliphatic rings. The van der Waals surface area contributed by atoms with Crippen LogP contribution in [0.3, 0.4) is 0 Å². The lowest BCUT2D eigenvalue weighted by Crippen LogP contribution is -1.95. The van der Waals surface area contributed by atoms with Crippen molar-refractivity contribution in [2.24, 2.45) is 0 Å². The van der Waals surface area contributed by atoms with Crippen LogP contribution in [0, 0.1) is 5.82 Å². The number of halogens is 1. The van der Waals surface area contributed by atoms with Crippen molar-refractivity contribution in [3.05, 3.63) is 35.6 Å². The van der Waals surface area contributed by atoms with Gasteiger partial charge < -0.3 is 10.8 Å². The van der Waals surface area contributed by atoms with Crippen LogP contribution in [0.2, 0.25) is 0 Å². The van der Waals surface area contributed by atoms with Gasteiger partial charge in [-0.1, -0.05) is 13.0 Å². The Labute approximate surface area is 87.1 Å². The summed E-state index contributed by atoms with van der Waals surface area (Å²) in [5, 5.41) is 10.8. The van der Waals surface area contributed by atoms with Gasteiger partial charge in [-0.05, 0) is 29.5 Å². The summed E-state index contributed by atoms with van der Waals surface area (Å²) in [5.74, 6) is -0.143. The van der Waals surface area contributed by atoms with E-state index >= 15 is 0 Å². The van der Waals surface area contributed by atoms with Gasteiger partial charge in [-0.25, -0.2) is 4.39 Å². The summed E-state index contributed by atoms with van der Waals surface area (Å²) in [4.78, 5) is 0. The number of aromatic hydroxyl groups is 1. The molecule has 0 aliphatic heterocycles. The van der Waals surface area contributed by atoms with Gasteiger partial charge in [0.15, 0.2) is 0 Å². The second-order valence-corrected chi connectivity index (χ2v) is 3.51. The first-order chi connectivity index (χ1) is 7.13. The maximum atomic E-state index is 13.5. The molecule has 0 saturated heterocycles. The Bertz CT molecular complexity index is 523. The van der Waals surface area contributed by atoms with Crippen LogP contribution in [0.4, 0.5) is 10.1 Å². The van der Waals surface area contributed by atoms with E-state index in [4.69, 9.17) is 5.73 Å². The van der Waals surface area contributed by atoms with Gasteiger partial charge in [-0.3, -0.25) is 0 Å². The Morgan fingerprint density at radius 3 is 2.73 bits per heavy atom. The summed E-state index contributed by atoms with van der Waals surface area (Å²) in [5.41, 5.74) is 6.80. The van der Waals surface area contributed by atoms with Crippen LogP contribution < -0.4 is 5.73 Å². The fraction of sp³-hybridized carbons (Fsp3) is 0.167. The van der Waals surface area contributed by atoms with E-state index in [9.17, 15) is 9.50 Å². The molecule has 2 aromatic carbocycles.